The number of rotatable bonds is 2. The summed E-state index contributed by atoms with van der Waals surface area (Å²) in [7, 11) is 0. The Balaban J connectivity index is 0.00000147. The van der Waals surface area contributed by atoms with Crippen molar-refractivity contribution >= 4 is 24.0 Å². The lowest BCUT2D eigenvalue weighted by molar-refractivity contribution is -0.121. The van der Waals surface area contributed by atoms with E-state index in [0.29, 0.717) is 11.8 Å². The quantitative estimate of drug-likeness (QED) is 0.881. The highest BCUT2D eigenvalue weighted by atomic mass is 35.5. The van der Waals surface area contributed by atoms with Gasteiger partial charge in [-0.3, -0.25) is 4.79 Å². The molecule has 0 radical (unpaired) electrons. The number of hydrogen-bond donors (Lipinski definition) is 2. The Morgan fingerprint density at radius 2 is 1.95 bits per heavy atom. The molecular weight excluding hydrogens is 272 g/mol. The molecule has 20 heavy (non-hydrogen) atoms. The monoisotopic (exact) mass is 294 g/mol. The van der Waals surface area contributed by atoms with Crippen LogP contribution in [0.3, 0.4) is 0 Å². The predicted molar refractivity (Wildman–Crippen MR) is 84.1 cm³/mol. The van der Waals surface area contributed by atoms with Crippen LogP contribution < -0.4 is 11.1 Å². The van der Waals surface area contributed by atoms with Gasteiger partial charge in [-0.15, -0.1) is 12.4 Å². The molecule has 0 spiro atoms. The number of fused-ring (bicyclic) bond motifs is 2. The van der Waals surface area contributed by atoms with Gasteiger partial charge in [-0.05, 0) is 56.6 Å². The normalized spacial score (nSPS) is 30.9. The standard InChI is InChI=1S/C16H22N2O.ClH/c1-9-3-6-13(10(2)7-9)18-16(19)14-11-4-5-12(8-11)15(14)17;/h3,6-7,11-12,14-15H,4-5,8,17H2,1-2H3,(H,18,19);1H. The summed E-state index contributed by atoms with van der Waals surface area (Å²) in [5.74, 6) is 1.21. The summed E-state index contributed by atoms with van der Waals surface area (Å²) in [5, 5.41) is 3.08. The first-order valence-electron chi connectivity index (χ1n) is 7.20. The molecule has 2 bridgehead atoms. The molecule has 4 atom stereocenters. The topological polar surface area (TPSA) is 55.1 Å². The van der Waals surface area contributed by atoms with Crippen molar-refractivity contribution in [1.82, 2.24) is 0 Å². The molecule has 0 aliphatic heterocycles. The fraction of sp³-hybridized carbons (Fsp3) is 0.562. The molecule has 2 fully saturated rings. The van der Waals surface area contributed by atoms with Gasteiger partial charge in [-0.2, -0.15) is 0 Å². The predicted octanol–water partition coefficient (Wildman–Crippen LogP) is 3.04. The van der Waals surface area contributed by atoms with Crippen molar-refractivity contribution < 1.29 is 4.79 Å². The van der Waals surface area contributed by atoms with Crippen LogP contribution in [-0.2, 0) is 4.79 Å². The van der Waals surface area contributed by atoms with Crippen LogP contribution in [0.4, 0.5) is 5.69 Å². The first-order valence-corrected chi connectivity index (χ1v) is 7.20. The number of carbonyl (C=O) groups is 1. The number of anilines is 1. The highest BCUT2D eigenvalue weighted by Crippen LogP contribution is 2.47. The first-order chi connectivity index (χ1) is 9.06. The Hall–Kier alpha value is -1.06. The van der Waals surface area contributed by atoms with E-state index in [4.69, 9.17) is 5.73 Å². The number of hydrogen-bond acceptors (Lipinski definition) is 2. The van der Waals surface area contributed by atoms with Crippen LogP contribution in [-0.4, -0.2) is 11.9 Å². The van der Waals surface area contributed by atoms with Gasteiger partial charge in [-0.1, -0.05) is 17.7 Å². The van der Waals surface area contributed by atoms with Crippen molar-refractivity contribution in [2.24, 2.45) is 23.5 Å². The third-order valence-corrected chi connectivity index (χ3v) is 4.92. The van der Waals surface area contributed by atoms with Crippen LogP contribution in [0.25, 0.3) is 0 Å². The van der Waals surface area contributed by atoms with Gasteiger partial charge in [-0.25, -0.2) is 0 Å². The van der Waals surface area contributed by atoms with E-state index in [0.717, 1.165) is 17.7 Å². The van der Waals surface area contributed by atoms with E-state index in [1.165, 1.54) is 18.4 Å². The van der Waals surface area contributed by atoms with Gasteiger partial charge in [0.15, 0.2) is 0 Å². The summed E-state index contributed by atoms with van der Waals surface area (Å²) in [6, 6.07) is 6.17. The van der Waals surface area contributed by atoms with E-state index in [2.05, 4.69) is 18.3 Å². The lowest BCUT2D eigenvalue weighted by Gasteiger charge is -2.27. The fourth-order valence-corrected chi connectivity index (χ4v) is 3.89. The lowest BCUT2D eigenvalue weighted by Crippen LogP contribution is -2.42. The zero-order valence-electron chi connectivity index (χ0n) is 12.1. The third-order valence-electron chi connectivity index (χ3n) is 4.92. The van der Waals surface area contributed by atoms with Gasteiger partial charge in [0.25, 0.3) is 0 Å². The van der Waals surface area contributed by atoms with Crippen molar-refractivity contribution in [3.05, 3.63) is 29.3 Å². The molecular formula is C16H23ClN2O. The third kappa shape index (κ3) is 2.57. The molecule has 3 N–H and O–H groups in total. The van der Waals surface area contributed by atoms with Crippen molar-refractivity contribution in [3.8, 4) is 0 Å². The summed E-state index contributed by atoms with van der Waals surface area (Å²) >= 11 is 0. The average molecular weight is 295 g/mol. The summed E-state index contributed by atoms with van der Waals surface area (Å²) in [4.78, 5) is 12.5. The van der Waals surface area contributed by atoms with Gasteiger partial charge in [0.05, 0.1) is 5.92 Å². The molecule has 4 heteroatoms. The Morgan fingerprint density at radius 3 is 2.55 bits per heavy atom. The summed E-state index contributed by atoms with van der Waals surface area (Å²) in [6.45, 7) is 4.09. The molecule has 110 valence electrons. The van der Waals surface area contributed by atoms with E-state index in [1.807, 2.05) is 19.1 Å². The van der Waals surface area contributed by atoms with Gasteiger partial charge >= 0.3 is 0 Å². The van der Waals surface area contributed by atoms with Gasteiger partial charge in [0.1, 0.15) is 0 Å². The number of amides is 1. The second-order valence-corrected chi connectivity index (χ2v) is 6.24. The van der Waals surface area contributed by atoms with Crippen molar-refractivity contribution in [3.63, 3.8) is 0 Å². The van der Waals surface area contributed by atoms with Crippen LogP contribution in [0.5, 0.6) is 0 Å². The van der Waals surface area contributed by atoms with Gasteiger partial charge in [0.2, 0.25) is 5.91 Å². The second-order valence-electron chi connectivity index (χ2n) is 6.24. The number of nitrogens with one attached hydrogen (secondary N) is 1. The minimum Gasteiger partial charge on any atom is -0.327 e. The van der Waals surface area contributed by atoms with E-state index in [9.17, 15) is 4.79 Å². The Labute approximate surface area is 126 Å². The summed E-state index contributed by atoms with van der Waals surface area (Å²) in [5.41, 5.74) is 9.47. The molecule has 1 aromatic carbocycles. The maximum absolute atomic E-state index is 12.5. The minimum absolute atomic E-state index is 0. The number of halogens is 1. The molecule has 3 rings (SSSR count). The molecule has 0 heterocycles. The largest absolute Gasteiger partial charge is 0.327 e. The molecule has 1 amide bonds. The van der Waals surface area contributed by atoms with Crippen LogP contribution in [0.1, 0.15) is 30.4 Å². The Morgan fingerprint density at radius 1 is 1.25 bits per heavy atom. The molecule has 1 aromatic rings. The van der Waals surface area contributed by atoms with Gasteiger partial charge in [0, 0.05) is 11.7 Å². The second kappa shape index (κ2) is 5.74. The first kappa shape index (κ1) is 15.3. The average Bonchev–Trinajstić information content (AvgIpc) is 2.93. The van der Waals surface area contributed by atoms with E-state index >= 15 is 0 Å². The van der Waals surface area contributed by atoms with Crippen molar-refractivity contribution in [2.75, 3.05) is 5.32 Å². The summed E-state index contributed by atoms with van der Waals surface area (Å²) < 4.78 is 0. The number of carbonyl (C=O) groups excluding carboxylic acids is 1. The SMILES string of the molecule is Cc1ccc(NC(=O)C2C3CCC(C3)C2N)c(C)c1.Cl. The Bertz CT molecular complexity index is 515. The maximum Gasteiger partial charge on any atom is 0.229 e. The van der Waals surface area contributed by atoms with E-state index in [1.54, 1.807) is 0 Å². The van der Waals surface area contributed by atoms with Crippen molar-refractivity contribution in [1.29, 1.82) is 0 Å². The molecule has 0 aromatic heterocycles. The number of aryl methyl sites for hydroxylation is 2. The molecule has 2 saturated carbocycles. The van der Waals surface area contributed by atoms with Crippen LogP contribution >= 0.6 is 12.4 Å². The summed E-state index contributed by atoms with van der Waals surface area (Å²) in [6.07, 6.45) is 3.52. The van der Waals surface area contributed by atoms with Crippen LogP contribution in [0.2, 0.25) is 0 Å². The fourth-order valence-electron chi connectivity index (χ4n) is 3.89. The highest BCUT2D eigenvalue weighted by molar-refractivity contribution is 5.94. The molecule has 3 nitrogen and oxygen atoms in total. The molecule has 2 aliphatic rings. The molecule has 0 saturated heterocycles. The van der Waals surface area contributed by atoms with Crippen molar-refractivity contribution in [2.45, 2.75) is 39.2 Å². The maximum atomic E-state index is 12.5. The lowest BCUT2D eigenvalue weighted by atomic mass is 9.84. The minimum atomic E-state index is 0. The Kier molecular flexibility index (Phi) is 4.40. The number of nitrogens with two attached hydrogens (primary N) is 1. The zero-order chi connectivity index (χ0) is 13.6. The van der Waals surface area contributed by atoms with E-state index < -0.39 is 0 Å². The highest BCUT2D eigenvalue weighted by Gasteiger charge is 2.49. The molecule has 4 unspecified atom stereocenters. The smallest absolute Gasteiger partial charge is 0.229 e. The number of benzene rings is 1. The van der Waals surface area contributed by atoms with Crippen LogP contribution in [0, 0.1) is 31.6 Å². The zero-order valence-corrected chi connectivity index (χ0v) is 12.9. The molecule has 2 aliphatic carbocycles. The van der Waals surface area contributed by atoms with Crippen LogP contribution in [0.15, 0.2) is 18.2 Å². The van der Waals surface area contributed by atoms with Gasteiger partial charge < -0.3 is 11.1 Å². The van der Waals surface area contributed by atoms with E-state index in [-0.39, 0.29) is 30.3 Å².